The molecule has 0 aromatic heterocycles. The van der Waals surface area contributed by atoms with E-state index in [-0.39, 0.29) is 12.2 Å². The minimum absolute atomic E-state index is 0.293. The van der Waals surface area contributed by atoms with Crippen LogP contribution in [0.5, 0.6) is 0 Å². The van der Waals surface area contributed by atoms with Crippen LogP contribution in [0.25, 0.3) is 0 Å². The van der Waals surface area contributed by atoms with Crippen LogP contribution < -0.4 is 10.6 Å². The molecule has 1 unspecified atom stereocenters. The van der Waals surface area contributed by atoms with Gasteiger partial charge in [0.15, 0.2) is 0 Å². The molecule has 0 fully saturated rings. The Hall–Kier alpha value is -0.810. The lowest BCUT2D eigenvalue weighted by Crippen LogP contribution is -2.38. The number of amides is 1. The van der Waals surface area contributed by atoms with E-state index < -0.39 is 5.60 Å². The Morgan fingerprint density at radius 3 is 2.29 bits per heavy atom. The molecule has 0 rings (SSSR count). The number of nitrogens with one attached hydrogen (secondary N) is 2. The summed E-state index contributed by atoms with van der Waals surface area (Å²) in [5.74, 6) is 0.293. The van der Waals surface area contributed by atoms with Gasteiger partial charge in [-0.1, -0.05) is 6.92 Å². The molecule has 5 heteroatoms. The summed E-state index contributed by atoms with van der Waals surface area (Å²) in [6.07, 6.45) is -0.735. The maximum atomic E-state index is 11.4. The number of rotatable bonds is 6. The highest BCUT2D eigenvalue weighted by atomic mass is 16.6. The van der Waals surface area contributed by atoms with Gasteiger partial charge in [0.25, 0.3) is 0 Å². The number of hydrogen-bond acceptors (Lipinski definition) is 4. The monoisotopic (exact) mass is 246 g/mol. The van der Waals surface area contributed by atoms with Crippen LogP contribution in [0.1, 0.15) is 34.6 Å². The third-order valence-electron chi connectivity index (χ3n) is 1.93. The van der Waals surface area contributed by atoms with Crippen molar-refractivity contribution in [2.24, 2.45) is 5.92 Å². The lowest BCUT2D eigenvalue weighted by atomic mass is 10.2. The molecular formula is C12H26N2O3. The fourth-order valence-corrected chi connectivity index (χ4v) is 1.18. The summed E-state index contributed by atoms with van der Waals surface area (Å²) in [5, 5.41) is 14.9. The number of hydrogen-bond donors (Lipinski definition) is 3. The van der Waals surface area contributed by atoms with Crippen molar-refractivity contribution in [3.05, 3.63) is 0 Å². The average molecular weight is 246 g/mol. The van der Waals surface area contributed by atoms with Gasteiger partial charge in [-0.25, -0.2) is 4.79 Å². The van der Waals surface area contributed by atoms with Crippen molar-refractivity contribution in [2.45, 2.75) is 46.3 Å². The minimum Gasteiger partial charge on any atom is -0.444 e. The van der Waals surface area contributed by atoms with Crippen molar-refractivity contribution in [2.75, 3.05) is 19.6 Å². The number of carbonyl (C=O) groups excluding carboxylic acids is 1. The van der Waals surface area contributed by atoms with Crippen molar-refractivity contribution in [3.8, 4) is 0 Å². The van der Waals surface area contributed by atoms with E-state index in [1.807, 2.05) is 27.7 Å². The maximum Gasteiger partial charge on any atom is 0.407 e. The van der Waals surface area contributed by atoms with E-state index in [4.69, 9.17) is 9.84 Å². The molecule has 0 heterocycles. The van der Waals surface area contributed by atoms with Gasteiger partial charge in [0.05, 0.1) is 6.10 Å². The molecule has 0 radical (unpaired) electrons. The van der Waals surface area contributed by atoms with Crippen LogP contribution in [0.3, 0.4) is 0 Å². The minimum atomic E-state index is -0.460. The van der Waals surface area contributed by atoms with E-state index in [1.165, 1.54) is 0 Å². The number of alkyl carbamates (subject to hydrolysis) is 1. The first kappa shape index (κ1) is 16.2. The van der Waals surface area contributed by atoms with Crippen LogP contribution in [0.4, 0.5) is 4.79 Å². The van der Waals surface area contributed by atoms with Crippen LogP contribution in [-0.2, 0) is 4.74 Å². The summed E-state index contributed by atoms with van der Waals surface area (Å²) >= 11 is 0. The zero-order valence-corrected chi connectivity index (χ0v) is 11.5. The van der Waals surface area contributed by atoms with Gasteiger partial charge in [0.2, 0.25) is 0 Å². The van der Waals surface area contributed by atoms with E-state index in [0.717, 1.165) is 6.54 Å². The van der Waals surface area contributed by atoms with E-state index in [9.17, 15) is 4.79 Å². The topological polar surface area (TPSA) is 70.6 Å². The Labute approximate surface area is 104 Å². The lowest BCUT2D eigenvalue weighted by molar-refractivity contribution is 0.0520. The van der Waals surface area contributed by atoms with E-state index >= 15 is 0 Å². The summed E-state index contributed by atoms with van der Waals surface area (Å²) in [6.45, 7) is 11.1. The second-order valence-electron chi connectivity index (χ2n) is 5.50. The first-order chi connectivity index (χ1) is 7.70. The molecule has 0 aliphatic rings. The second kappa shape index (κ2) is 7.50. The van der Waals surface area contributed by atoms with Crippen molar-refractivity contribution in [1.29, 1.82) is 0 Å². The maximum absolute atomic E-state index is 11.4. The molecule has 0 aromatic carbocycles. The standard InChI is InChI=1S/C12H26N2O3/c1-9(6-13-8-10(2)15)7-14-11(16)17-12(3,4)5/h9-10,13,15H,6-8H2,1-5H3,(H,14,16)/t9?,10-/m0/s1. The van der Waals surface area contributed by atoms with Gasteiger partial charge in [-0.3, -0.25) is 0 Å². The molecule has 0 saturated heterocycles. The summed E-state index contributed by atoms with van der Waals surface area (Å²) in [4.78, 5) is 11.4. The van der Waals surface area contributed by atoms with Crippen LogP contribution >= 0.6 is 0 Å². The van der Waals surface area contributed by atoms with Crippen LogP contribution in [-0.4, -0.2) is 42.5 Å². The highest BCUT2D eigenvalue weighted by Crippen LogP contribution is 2.06. The van der Waals surface area contributed by atoms with Crippen LogP contribution in [0.15, 0.2) is 0 Å². The number of ether oxygens (including phenoxy) is 1. The van der Waals surface area contributed by atoms with Gasteiger partial charge in [-0.2, -0.15) is 0 Å². The SMILES string of the molecule is CC(CNC[C@H](C)O)CNC(=O)OC(C)(C)C. The van der Waals surface area contributed by atoms with Gasteiger partial charge in [0.1, 0.15) is 5.60 Å². The molecular weight excluding hydrogens is 220 g/mol. The molecule has 17 heavy (non-hydrogen) atoms. The molecule has 2 atom stereocenters. The Morgan fingerprint density at radius 1 is 1.24 bits per heavy atom. The molecule has 0 aliphatic carbocycles. The second-order valence-corrected chi connectivity index (χ2v) is 5.50. The zero-order chi connectivity index (χ0) is 13.5. The molecule has 0 aromatic rings. The van der Waals surface area contributed by atoms with Gasteiger partial charge in [-0.15, -0.1) is 0 Å². The van der Waals surface area contributed by atoms with Crippen LogP contribution in [0, 0.1) is 5.92 Å². The van der Waals surface area contributed by atoms with Gasteiger partial charge in [0, 0.05) is 13.1 Å². The fourth-order valence-electron chi connectivity index (χ4n) is 1.18. The lowest BCUT2D eigenvalue weighted by Gasteiger charge is -2.21. The zero-order valence-electron chi connectivity index (χ0n) is 11.5. The smallest absolute Gasteiger partial charge is 0.407 e. The Kier molecular flexibility index (Phi) is 7.15. The molecule has 0 saturated carbocycles. The molecule has 3 N–H and O–H groups in total. The van der Waals surface area contributed by atoms with Gasteiger partial charge >= 0.3 is 6.09 Å². The molecule has 0 aliphatic heterocycles. The Bertz CT molecular complexity index is 224. The molecule has 5 nitrogen and oxygen atoms in total. The summed E-state index contributed by atoms with van der Waals surface area (Å²) in [6, 6.07) is 0. The third-order valence-corrected chi connectivity index (χ3v) is 1.93. The van der Waals surface area contributed by atoms with Crippen molar-refractivity contribution >= 4 is 6.09 Å². The Morgan fingerprint density at radius 2 is 1.82 bits per heavy atom. The van der Waals surface area contributed by atoms with Crippen molar-refractivity contribution in [1.82, 2.24) is 10.6 Å². The van der Waals surface area contributed by atoms with Crippen molar-refractivity contribution in [3.63, 3.8) is 0 Å². The van der Waals surface area contributed by atoms with E-state index in [2.05, 4.69) is 10.6 Å². The van der Waals surface area contributed by atoms with E-state index in [1.54, 1.807) is 6.92 Å². The summed E-state index contributed by atoms with van der Waals surface area (Å²) in [7, 11) is 0. The summed E-state index contributed by atoms with van der Waals surface area (Å²) in [5.41, 5.74) is -0.460. The largest absolute Gasteiger partial charge is 0.444 e. The highest BCUT2D eigenvalue weighted by Gasteiger charge is 2.16. The normalized spacial score (nSPS) is 15.2. The highest BCUT2D eigenvalue weighted by molar-refractivity contribution is 5.67. The number of aliphatic hydroxyl groups excluding tert-OH is 1. The van der Waals surface area contributed by atoms with Crippen LogP contribution in [0.2, 0.25) is 0 Å². The molecule has 0 bridgehead atoms. The fraction of sp³-hybridized carbons (Fsp3) is 0.917. The molecule has 1 amide bonds. The number of aliphatic hydroxyl groups is 1. The molecule has 102 valence electrons. The van der Waals surface area contributed by atoms with E-state index in [0.29, 0.717) is 19.0 Å². The quantitative estimate of drug-likeness (QED) is 0.657. The van der Waals surface area contributed by atoms with Gasteiger partial charge in [-0.05, 0) is 40.2 Å². The first-order valence-corrected chi connectivity index (χ1v) is 6.06. The predicted molar refractivity (Wildman–Crippen MR) is 68.0 cm³/mol. The van der Waals surface area contributed by atoms with Gasteiger partial charge < -0.3 is 20.5 Å². The molecule has 0 spiro atoms. The summed E-state index contributed by atoms with van der Waals surface area (Å²) < 4.78 is 5.12. The average Bonchev–Trinajstić information content (AvgIpc) is 2.11. The number of carbonyl (C=O) groups is 1. The first-order valence-electron chi connectivity index (χ1n) is 6.06. The Balaban J connectivity index is 3.62. The third kappa shape index (κ3) is 11.5. The van der Waals surface area contributed by atoms with Crippen molar-refractivity contribution < 1.29 is 14.6 Å². The predicted octanol–water partition coefficient (Wildman–Crippen LogP) is 1.12.